The predicted molar refractivity (Wildman–Crippen MR) is 72.2 cm³/mol. The molecule has 0 spiro atoms. The van der Waals surface area contributed by atoms with Crippen LogP contribution in [0.4, 0.5) is 5.82 Å². The Morgan fingerprint density at radius 3 is 2.53 bits per heavy atom. The zero-order valence-corrected chi connectivity index (χ0v) is 10.5. The van der Waals surface area contributed by atoms with Crippen LogP contribution < -0.4 is 16.6 Å². The summed E-state index contributed by atoms with van der Waals surface area (Å²) in [5.74, 6) is 5.32. The van der Waals surface area contributed by atoms with Gasteiger partial charge in [-0.3, -0.25) is 4.79 Å². The van der Waals surface area contributed by atoms with E-state index >= 15 is 0 Å². The number of nitrogens with two attached hydrogens (primary N) is 1. The summed E-state index contributed by atoms with van der Waals surface area (Å²) < 4.78 is 0. The molecular weight excluding hydrogens is 242 g/mol. The number of nitrogen functional groups attached to an aromatic ring is 1. The van der Waals surface area contributed by atoms with Gasteiger partial charge in [-0.05, 0) is 12.5 Å². The number of benzene rings is 1. The maximum atomic E-state index is 12.0. The average Bonchev–Trinajstić information content (AvgIpc) is 2.48. The van der Waals surface area contributed by atoms with E-state index in [1.54, 1.807) is 0 Å². The quantitative estimate of drug-likeness (QED) is 0.566. The topological polar surface area (TPSA) is 92.9 Å². The van der Waals surface area contributed by atoms with Crippen LogP contribution in [0.2, 0.25) is 0 Å². The molecule has 6 heteroatoms. The third kappa shape index (κ3) is 3.26. The number of carbonyl (C=O) groups excluding carboxylic acids is 1. The molecule has 98 valence electrons. The van der Waals surface area contributed by atoms with Crippen LogP contribution in [0.5, 0.6) is 0 Å². The van der Waals surface area contributed by atoms with Gasteiger partial charge in [0.2, 0.25) is 0 Å². The Labute approximate surface area is 111 Å². The molecule has 0 aliphatic heterocycles. The Hall–Kier alpha value is -2.47. The summed E-state index contributed by atoms with van der Waals surface area (Å²) in [5, 5.41) is 2.86. The standard InChI is InChI=1S/C13H15N5O/c1-9(10-5-3-2-4-6-10)17-13(19)11-7-16-12(18-14)8-15-11/h2-9H,14H2,1H3,(H,16,18)(H,17,19). The third-order valence-electron chi connectivity index (χ3n) is 2.68. The Bertz CT molecular complexity index is 541. The smallest absolute Gasteiger partial charge is 0.271 e. The average molecular weight is 257 g/mol. The van der Waals surface area contributed by atoms with Crippen LogP contribution in [0.15, 0.2) is 42.7 Å². The minimum atomic E-state index is -0.271. The molecule has 19 heavy (non-hydrogen) atoms. The molecule has 0 bridgehead atoms. The van der Waals surface area contributed by atoms with Gasteiger partial charge in [-0.25, -0.2) is 15.8 Å². The number of aromatic nitrogens is 2. The Morgan fingerprint density at radius 2 is 1.95 bits per heavy atom. The van der Waals surface area contributed by atoms with Crippen molar-refractivity contribution in [1.29, 1.82) is 0 Å². The summed E-state index contributed by atoms with van der Waals surface area (Å²) >= 11 is 0. The number of carbonyl (C=O) groups is 1. The molecule has 0 fully saturated rings. The lowest BCUT2D eigenvalue weighted by Gasteiger charge is -2.13. The largest absolute Gasteiger partial charge is 0.344 e. The van der Waals surface area contributed by atoms with Crippen molar-refractivity contribution in [2.75, 3.05) is 5.43 Å². The number of hydrazine groups is 1. The van der Waals surface area contributed by atoms with Crippen LogP contribution in [0.25, 0.3) is 0 Å². The van der Waals surface area contributed by atoms with Crippen LogP contribution >= 0.6 is 0 Å². The molecule has 1 aromatic heterocycles. The molecule has 2 aromatic rings. The van der Waals surface area contributed by atoms with Gasteiger partial charge in [0.25, 0.3) is 5.91 Å². The van der Waals surface area contributed by atoms with Gasteiger partial charge in [0.05, 0.1) is 18.4 Å². The van der Waals surface area contributed by atoms with E-state index in [1.807, 2.05) is 37.3 Å². The fraction of sp³-hybridized carbons (Fsp3) is 0.154. The van der Waals surface area contributed by atoms with Crippen LogP contribution in [-0.2, 0) is 0 Å². The molecule has 1 heterocycles. The predicted octanol–water partition coefficient (Wildman–Crippen LogP) is 1.25. The molecule has 0 saturated heterocycles. The zero-order valence-electron chi connectivity index (χ0n) is 10.5. The van der Waals surface area contributed by atoms with Crippen molar-refractivity contribution < 1.29 is 4.79 Å². The molecule has 1 aromatic carbocycles. The normalized spacial score (nSPS) is 11.7. The maximum Gasteiger partial charge on any atom is 0.271 e. The van der Waals surface area contributed by atoms with Crippen LogP contribution in [0, 0.1) is 0 Å². The number of nitrogens with zero attached hydrogens (tertiary/aromatic N) is 2. The van der Waals surface area contributed by atoms with E-state index < -0.39 is 0 Å². The van der Waals surface area contributed by atoms with Gasteiger partial charge in [-0.2, -0.15) is 0 Å². The molecule has 0 aliphatic carbocycles. The van der Waals surface area contributed by atoms with Gasteiger partial charge in [0.15, 0.2) is 5.82 Å². The summed E-state index contributed by atoms with van der Waals surface area (Å²) in [5.41, 5.74) is 3.64. The molecule has 4 N–H and O–H groups in total. The first-order chi connectivity index (χ1) is 9.20. The lowest BCUT2D eigenvalue weighted by Crippen LogP contribution is -2.27. The van der Waals surface area contributed by atoms with E-state index in [-0.39, 0.29) is 17.6 Å². The van der Waals surface area contributed by atoms with Crippen molar-refractivity contribution in [3.05, 3.63) is 54.0 Å². The highest BCUT2D eigenvalue weighted by Crippen LogP contribution is 2.11. The monoisotopic (exact) mass is 257 g/mol. The second-order valence-electron chi connectivity index (χ2n) is 4.04. The summed E-state index contributed by atoms with van der Waals surface area (Å²) in [6.45, 7) is 1.91. The third-order valence-corrected chi connectivity index (χ3v) is 2.68. The van der Waals surface area contributed by atoms with Crippen molar-refractivity contribution in [2.24, 2.45) is 5.84 Å². The Balaban J connectivity index is 2.04. The van der Waals surface area contributed by atoms with E-state index in [9.17, 15) is 4.79 Å². The molecular formula is C13H15N5O. The number of hydrogen-bond donors (Lipinski definition) is 3. The molecule has 0 aliphatic rings. The summed E-state index contributed by atoms with van der Waals surface area (Å²) in [7, 11) is 0. The highest BCUT2D eigenvalue weighted by atomic mass is 16.1. The zero-order chi connectivity index (χ0) is 13.7. The maximum absolute atomic E-state index is 12.0. The second-order valence-corrected chi connectivity index (χ2v) is 4.04. The fourth-order valence-corrected chi connectivity index (χ4v) is 1.62. The van der Waals surface area contributed by atoms with Gasteiger partial charge >= 0.3 is 0 Å². The van der Waals surface area contributed by atoms with Crippen LogP contribution in [0.1, 0.15) is 29.0 Å². The summed E-state index contributed by atoms with van der Waals surface area (Å²) in [6.07, 6.45) is 2.78. The van der Waals surface area contributed by atoms with Gasteiger partial charge < -0.3 is 10.7 Å². The lowest BCUT2D eigenvalue weighted by atomic mass is 10.1. The summed E-state index contributed by atoms with van der Waals surface area (Å²) in [4.78, 5) is 19.9. The minimum absolute atomic E-state index is 0.0946. The van der Waals surface area contributed by atoms with E-state index in [2.05, 4.69) is 20.7 Å². The van der Waals surface area contributed by atoms with Crippen LogP contribution in [-0.4, -0.2) is 15.9 Å². The van der Waals surface area contributed by atoms with Crippen molar-refractivity contribution in [3.8, 4) is 0 Å². The number of hydrogen-bond acceptors (Lipinski definition) is 5. The highest BCUT2D eigenvalue weighted by molar-refractivity contribution is 5.92. The number of rotatable bonds is 4. The molecule has 1 unspecified atom stereocenters. The van der Waals surface area contributed by atoms with E-state index in [1.165, 1.54) is 12.4 Å². The van der Waals surface area contributed by atoms with E-state index in [0.29, 0.717) is 5.82 Å². The SMILES string of the molecule is CC(NC(=O)c1cnc(NN)cn1)c1ccccc1. The fourth-order valence-electron chi connectivity index (χ4n) is 1.62. The van der Waals surface area contributed by atoms with Crippen LogP contribution in [0.3, 0.4) is 0 Å². The van der Waals surface area contributed by atoms with Crippen molar-refractivity contribution in [1.82, 2.24) is 15.3 Å². The van der Waals surface area contributed by atoms with Gasteiger partial charge in [-0.1, -0.05) is 30.3 Å². The highest BCUT2D eigenvalue weighted by Gasteiger charge is 2.12. The van der Waals surface area contributed by atoms with Crippen molar-refractivity contribution in [2.45, 2.75) is 13.0 Å². The second kappa shape index (κ2) is 5.92. The Kier molecular flexibility index (Phi) is 4.04. The van der Waals surface area contributed by atoms with Crippen molar-refractivity contribution in [3.63, 3.8) is 0 Å². The lowest BCUT2D eigenvalue weighted by molar-refractivity contribution is 0.0934. The molecule has 0 saturated carbocycles. The first-order valence-corrected chi connectivity index (χ1v) is 5.85. The van der Waals surface area contributed by atoms with E-state index in [0.717, 1.165) is 5.56 Å². The minimum Gasteiger partial charge on any atom is -0.344 e. The molecule has 1 amide bonds. The molecule has 0 radical (unpaired) electrons. The molecule has 1 atom stereocenters. The van der Waals surface area contributed by atoms with E-state index in [4.69, 9.17) is 5.84 Å². The molecule has 2 rings (SSSR count). The Morgan fingerprint density at radius 1 is 1.21 bits per heavy atom. The number of nitrogens with one attached hydrogen (secondary N) is 2. The first kappa shape index (κ1) is 13.0. The van der Waals surface area contributed by atoms with Gasteiger partial charge in [-0.15, -0.1) is 0 Å². The van der Waals surface area contributed by atoms with Gasteiger partial charge in [0, 0.05) is 0 Å². The number of anilines is 1. The summed E-state index contributed by atoms with van der Waals surface area (Å²) in [6, 6.07) is 9.61. The number of amides is 1. The first-order valence-electron chi connectivity index (χ1n) is 5.85. The van der Waals surface area contributed by atoms with Gasteiger partial charge in [0.1, 0.15) is 5.69 Å². The molecule has 6 nitrogen and oxygen atoms in total. The van der Waals surface area contributed by atoms with Crippen molar-refractivity contribution >= 4 is 11.7 Å².